The maximum absolute atomic E-state index is 12.2. The van der Waals surface area contributed by atoms with E-state index in [-0.39, 0.29) is 12.7 Å². The molecule has 0 aromatic heterocycles. The Labute approximate surface area is 101 Å². The van der Waals surface area contributed by atoms with Crippen LogP contribution in [0.1, 0.15) is 18.0 Å². The van der Waals surface area contributed by atoms with Crippen LogP contribution in [0.25, 0.3) is 11.1 Å². The Hall–Kier alpha value is -1.67. The molecule has 0 bridgehead atoms. The summed E-state index contributed by atoms with van der Waals surface area (Å²) in [6.07, 6.45) is 0.380. The quantitative estimate of drug-likeness (QED) is 0.849. The van der Waals surface area contributed by atoms with Crippen LogP contribution in [-0.4, -0.2) is 6.67 Å². The first-order chi connectivity index (χ1) is 8.31. The number of alkyl halides is 1. The summed E-state index contributed by atoms with van der Waals surface area (Å²) in [4.78, 5) is 0. The Kier molecular flexibility index (Phi) is 3.89. The third-order valence-corrected chi connectivity index (χ3v) is 2.87. The zero-order chi connectivity index (χ0) is 12.1. The molecule has 2 aromatic rings. The summed E-state index contributed by atoms with van der Waals surface area (Å²) in [7, 11) is 0. The molecule has 0 aliphatic rings. The summed E-state index contributed by atoms with van der Waals surface area (Å²) in [6.45, 7) is -0.373. The van der Waals surface area contributed by atoms with Crippen molar-refractivity contribution in [2.75, 3.05) is 6.67 Å². The highest BCUT2D eigenvalue weighted by Gasteiger charge is 2.05. The molecular formula is C15H16FN. The fourth-order valence-electron chi connectivity index (χ4n) is 1.84. The standard InChI is InChI=1S/C15H16FN/c16-11-10-15(17)14-8-6-13(7-9-14)12-4-2-1-3-5-12/h1-9,15H,10-11,17H2/t15-/m1/s1. The van der Waals surface area contributed by atoms with E-state index in [9.17, 15) is 4.39 Å². The molecule has 0 saturated heterocycles. The lowest BCUT2D eigenvalue weighted by Crippen LogP contribution is -2.10. The molecule has 17 heavy (non-hydrogen) atoms. The lowest BCUT2D eigenvalue weighted by molar-refractivity contribution is 0.442. The van der Waals surface area contributed by atoms with Gasteiger partial charge in [0.1, 0.15) is 0 Å². The van der Waals surface area contributed by atoms with E-state index < -0.39 is 0 Å². The van der Waals surface area contributed by atoms with Crippen LogP contribution in [0.2, 0.25) is 0 Å². The van der Waals surface area contributed by atoms with Crippen molar-refractivity contribution in [2.45, 2.75) is 12.5 Å². The summed E-state index contributed by atoms with van der Waals surface area (Å²) in [5, 5.41) is 0. The number of hydrogen-bond acceptors (Lipinski definition) is 1. The lowest BCUT2D eigenvalue weighted by Gasteiger charge is -2.10. The molecule has 1 atom stereocenters. The molecule has 0 saturated carbocycles. The van der Waals surface area contributed by atoms with E-state index in [0.717, 1.165) is 11.1 Å². The molecule has 0 fully saturated rings. The van der Waals surface area contributed by atoms with Gasteiger partial charge in [0.05, 0.1) is 6.67 Å². The highest BCUT2D eigenvalue weighted by Crippen LogP contribution is 2.22. The number of rotatable bonds is 4. The van der Waals surface area contributed by atoms with Crippen molar-refractivity contribution in [3.8, 4) is 11.1 Å². The van der Waals surface area contributed by atoms with Gasteiger partial charge in [-0.05, 0) is 23.1 Å². The van der Waals surface area contributed by atoms with E-state index in [2.05, 4.69) is 12.1 Å². The zero-order valence-corrected chi connectivity index (χ0v) is 9.64. The van der Waals surface area contributed by atoms with Gasteiger partial charge in [-0.2, -0.15) is 0 Å². The van der Waals surface area contributed by atoms with Crippen LogP contribution in [0.5, 0.6) is 0 Å². The highest BCUT2D eigenvalue weighted by atomic mass is 19.1. The topological polar surface area (TPSA) is 26.0 Å². The van der Waals surface area contributed by atoms with Crippen LogP contribution in [0.15, 0.2) is 54.6 Å². The van der Waals surface area contributed by atoms with Gasteiger partial charge in [0, 0.05) is 6.04 Å². The predicted octanol–water partition coefficient (Wildman–Crippen LogP) is 3.71. The van der Waals surface area contributed by atoms with Crippen molar-refractivity contribution in [3.05, 3.63) is 60.2 Å². The van der Waals surface area contributed by atoms with E-state index in [1.54, 1.807) is 0 Å². The second kappa shape index (κ2) is 5.60. The van der Waals surface area contributed by atoms with Gasteiger partial charge < -0.3 is 5.73 Å². The van der Waals surface area contributed by atoms with Crippen molar-refractivity contribution < 1.29 is 4.39 Å². The van der Waals surface area contributed by atoms with Crippen molar-refractivity contribution >= 4 is 0 Å². The number of benzene rings is 2. The van der Waals surface area contributed by atoms with Gasteiger partial charge in [0.2, 0.25) is 0 Å². The summed E-state index contributed by atoms with van der Waals surface area (Å²) < 4.78 is 12.2. The Bertz CT molecular complexity index is 450. The minimum Gasteiger partial charge on any atom is -0.324 e. The Balaban J connectivity index is 2.19. The molecule has 2 N–H and O–H groups in total. The molecule has 0 aliphatic heterocycles. The molecule has 2 heteroatoms. The van der Waals surface area contributed by atoms with Gasteiger partial charge in [-0.15, -0.1) is 0 Å². The summed E-state index contributed by atoms with van der Waals surface area (Å²) in [5.74, 6) is 0. The van der Waals surface area contributed by atoms with Gasteiger partial charge in [0.15, 0.2) is 0 Å². The van der Waals surface area contributed by atoms with E-state index >= 15 is 0 Å². The summed E-state index contributed by atoms with van der Waals surface area (Å²) in [6, 6.07) is 18.0. The molecule has 0 unspecified atom stereocenters. The van der Waals surface area contributed by atoms with Gasteiger partial charge in [-0.3, -0.25) is 4.39 Å². The highest BCUT2D eigenvalue weighted by molar-refractivity contribution is 5.63. The molecule has 0 spiro atoms. The molecule has 2 rings (SSSR count). The number of halogens is 1. The second-order valence-corrected chi connectivity index (χ2v) is 4.07. The Morgan fingerprint density at radius 1 is 0.882 bits per heavy atom. The summed E-state index contributed by atoms with van der Waals surface area (Å²) >= 11 is 0. The van der Waals surface area contributed by atoms with Crippen LogP contribution < -0.4 is 5.73 Å². The van der Waals surface area contributed by atoms with Gasteiger partial charge >= 0.3 is 0 Å². The molecule has 0 amide bonds. The first-order valence-electron chi connectivity index (χ1n) is 5.78. The smallest absolute Gasteiger partial charge is 0.0912 e. The maximum atomic E-state index is 12.2. The third kappa shape index (κ3) is 2.92. The van der Waals surface area contributed by atoms with Crippen LogP contribution in [0, 0.1) is 0 Å². The molecular weight excluding hydrogens is 213 g/mol. The molecule has 1 nitrogen and oxygen atoms in total. The molecule has 0 heterocycles. The lowest BCUT2D eigenvalue weighted by atomic mass is 10.00. The molecule has 0 aliphatic carbocycles. The fourth-order valence-corrected chi connectivity index (χ4v) is 1.84. The molecule has 2 aromatic carbocycles. The fraction of sp³-hybridized carbons (Fsp3) is 0.200. The Morgan fingerprint density at radius 3 is 2.06 bits per heavy atom. The van der Waals surface area contributed by atoms with Gasteiger partial charge in [-0.25, -0.2) is 0 Å². The van der Waals surface area contributed by atoms with E-state index in [1.165, 1.54) is 5.56 Å². The second-order valence-electron chi connectivity index (χ2n) is 4.07. The van der Waals surface area contributed by atoms with E-state index in [1.807, 2.05) is 42.5 Å². The predicted molar refractivity (Wildman–Crippen MR) is 69.4 cm³/mol. The molecule has 0 radical (unpaired) electrons. The van der Waals surface area contributed by atoms with Crippen molar-refractivity contribution in [1.29, 1.82) is 0 Å². The minimum atomic E-state index is -0.373. The number of hydrogen-bond donors (Lipinski definition) is 1. The monoisotopic (exact) mass is 229 g/mol. The minimum absolute atomic E-state index is 0.204. The average Bonchev–Trinajstić information content (AvgIpc) is 2.40. The van der Waals surface area contributed by atoms with Crippen LogP contribution in [0.3, 0.4) is 0 Å². The normalized spacial score (nSPS) is 12.4. The maximum Gasteiger partial charge on any atom is 0.0912 e. The van der Waals surface area contributed by atoms with Gasteiger partial charge in [-0.1, -0.05) is 54.6 Å². The van der Waals surface area contributed by atoms with E-state index in [0.29, 0.717) is 6.42 Å². The first-order valence-corrected chi connectivity index (χ1v) is 5.78. The van der Waals surface area contributed by atoms with Gasteiger partial charge in [0.25, 0.3) is 0 Å². The van der Waals surface area contributed by atoms with E-state index in [4.69, 9.17) is 5.73 Å². The third-order valence-electron chi connectivity index (χ3n) is 2.87. The van der Waals surface area contributed by atoms with Crippen LogP contribution >= 0.6 is 0 Å². The zero-order valence-electron chi connectivity index (χ0n) is 9.64. The van der Waals surface area contributed by atoms with Crippen LogP contribution in [0.4, 0.5) is 4.39 Å². The largest absolute Gasteiger partial charge is 0.324 e. The van der Waals surface area contributed by atoms with Crippen molar-refractivity contribution in [1.82, 2.24) is 0 Å². The Morgan fingerprint density at radius 2 is 1.47 bits per heavy atom. The van der Waals surface area contributed by atoms with Crippen molar-refractivity contribution in [2.24, 2.45) is 5.73 Å². The average molecular weight is 229 g/mol. The van der Waals surface area contributed by atoms with Crippen molar-refractivity contribution in [3.63, 3.8) is 0 Å². The van der Waals surface area contributed by atoms with Crippen LogP contribution in [-0.2, 0) is 0 Å². The first kappa shape index (κ1) is 11.8. The molecule has 88 valence electrons. The summed E-state index contributed by atoms with van der Waals surface area (Å²) in [5.41, 5.74) is 9.18. The SMILES string of the molecule is N[C@H](CCF)c1ccc(-c2ccccc2)cc1. The number of nitrogens with two attached hydrogens (primary N) is 1.